The normalized spacial score (nSPS) is 20.1. The molecule has 140 valence electrons. The zero-order valence-corrected chi connectivity index (χ0v) is 15.2. The van der Waals surface area contributed by atoms with E-state index in [1.54, 1.807) is 36.7 Å². The highest BCUT2D eigenvalue weighted by Crippen LogP contribution is 2.58. The number of nitrogens with one attached hydrogen (secondary N) is 3. The Kier molecular flexibility index (Phi) is 4.90. The van der Waals surface area contributed by atoms with Crippen LogP contribution in [-0.2, 0) is 11.3 Å². The lowest BCUT2D eigenvalue weighted by atomic mass is 9.92. The fourth-order valence-corrected chi connectivity index (χ4v) is 3.92. The van der Waals surface area contributed by atoms with Gasteiger partial charge < -0.3 is 16.0 Å². The lowest BCUT2D eigenvalue weighted by Crippen LogP contribution is -2.33. The third-order valence-electron chi connectivity index (χ3n) is 5.71. The number of benzene rings is 1. The summed E-state index contributed by atoms with van der Waals surface area (Å²) in [6, 6.07) is 10.9. The molecule has 6 heteroatoms. The number of nitrogens with zero attached hydrogens (tertiary/aromatic N) is 1. The average Bonchev–Trinajstić information content (AvgIpc) is 3.40. The van der Waals surface area contributed by atoms with Crippen LogP contribution >= 0.6 is 0 Å². The molecular formula is C21H24N4O2. The Hall–Kier alpha value is -2.73. The summed E-state index contributed by atoms with van der Waals surface area (Å²) in [4.78, 5) is 28.7. The van der Waals surface area contributed by atoms with Crippen LogP contribution in [0.1, 0.15) is 35.2 Å². The number of rotatable bonds is 5. The maximum atomic E-state index is 12.4. The predicted molar refractivity (Wildman–Crippen MR) is 103 cm³/mol. The number of carbonyl (C=O) groups is 2. The second-order valence-corrected chi connectivity index (χ2v) is 7.48. The van der Waals surface area contributed by atoms with E-state index in [0.717, 1.165) is 37.9 Å². The van der Waals surface area contributed by atoms with Crippen LogP contribution in [0.15, 0.2) is 48.8 Å². The Morgan fingerprint density at radius 3 is 2.63 bits per heavy atom. The van der Waals surface area contributed by atoms with Gasteiger partial charge in [-0.3, -0.25) is 14.6 Å². The Labute approximate surface area is 158 Å². The zero-order chi connectivity index (χ0) is 18.7. The van der Waals surface area contributed by atoms with E-state index in [0.29, 0.717) is 17.8 Å². The Morgan fingerprint density at radius 1 is 1.15 bits per heavy atom. The van der Waals surface area contributed by atoms with Crippen LogP contribution in [0.4, 0.5) is 5.69 Å². The first-order valence-corrected chi connectivity index (χ1v) is 9.45. The van der Waals surface area contributed by atoms with Crippen LogP contribution < -0.4 is 16.0 Å². The topological polar surface area (TPSA) is 83.1 Å². The van der Waals surface area contributed by atoms with Gasteiger partial charge in [0.15, 0.2) is 0 Å². The summed E-state index contributed by atoms with van der Waals surface area (Å²) in [7, 11) is 0. The van der Waals surface area contributed by atoms with Crippen molar-refractivity contribution < 1.29 is 9.59 Å². The minimum atomic E-state index is -0.176. The molecule has 1 aromatic carbocycles. The second-order valence-electron chi connectivity index (χ2n) is 7.48. The molecule has 2 heterocycles. The molecule has 1 aliphatic carbocycles. The number of carbonyl (C=O) groups excluding carboxylic acids is 2. The molecular weight excluding hydrogens is 340 g/mol. The predicted octanol–water partition coefficient (Wildman–Crippen LogP) is 2.34. The molecule has 2 amide bonds. The molecule has 2 fully saturated rings. The number of anilines is 1. The monoisotopic (exact) mass is 364 g/mol. The van der Waals surface area contributed by atoms with Crippen molar-refractivity contribution in [2.24, 2.45) is 11.3 Å². The molecule has 0 bridgehead atoms. The molecule has 1 spiro atoms. The maximum absolute atomic E-state index is 12.4. The number of hydrogen-bond acceptors (Lipinski definition) is 4. The smallest absolute Gasteiger partial charge is 0.255 e. The van der Waals surface area contributed by atoms with Crippen molar-refractivity contribution in [2.45, 2.75) is 25.8 Å². The van der Waals surface area contributed by atoms with Gasteiger partial charge in [0, 0.05) is 24.2 Å². The largest absolute Gasteiger partial charge is 0.352 e. The van der Waals surface area contributed by atoms with Gasteiger partial charge in [-0.1, -0.05) is 12.1 Å². The van der Waals surface area contributed by atoms with E-state index in [-0.39, 0.29) is 23.1 Å². The highest BCUT2D eigenvalue weighted by atomic mass is 16.2. The summed E-state index contributed by atoms with van der Waals surface area (Å²) >= 11 is 0. The average molecular weight is 364 g/mol. The van der Waals surface area contributed by atoms with Crippen LogP contribution in [0.3, 0.4) is 0 Å². The number of amides is 2. The van der Waals surface area contributed by atoms with E-state index in [9.17, 15) is 9.59 Å². The highest BCUT2D eigenvalue weighted by Gasteiger charge is 2.57. The quantitative estimate of drug-likeness (QED) is 0.760. The minimum absolute atomic E-state index is 0.162. The highest BCUT2D eigenvalue weighted by molar-refractivity contribution is 6.04. The van der Waals surface area contributed by atoms with Gasteiger partial charge in [0.25, 0.3) is 5.91 Å². The van der Waals surface area contributed by atoms with E-state index >= 15 is 0 Å². The van der Waals surface area contributed by atoms with Gasteiger partial charge in [-0.05, 0) is 67.6 Å². The summed E-state index contributed by atoms with van der Waals surface area (Å²) < 4.78 is 0. The molecule has 2 aliphatic rings. The van der Waals surface area contributed by atoms with Crippen LogP contribution in [0.5, 0.6) is 0 Å². The lowest BCUT2D eigenvalue weighted by Gasteiger charge is -2.23. The summed E-state index contributed by atoms with van der Waals surface area (Å²) in [5, 5.41) is 9.22. The van der Waals surface area contributed by atoms with Crippen molar-refractivity contribution in [3.8, 4) is 0 Å². The van der Waals surface area contributed by atoms with Crippen LogP contribution in [0, 0.1) is 11.3 Å². The molecule has 3 N–H and O–H groups in total. The third-order valence-corrected chi connectivity index (χ3v) is 5.71. The van der Waals surface area contributed by atoms with Gasteiger partial charge in [0.05, 0.1) is 11.9 Å². The van der Waals surface area contributed by atoms with Crippen LogP contribution in [0.25, 0.3) is 0 Å². The molecule has 2 aromatic rings. The molecule has 1 aromatic heterocycles. The molecule has 6 nitrogen and oxygen atoms in total. The van der Waals surface area contributed by atoms with Gasteiger partial charge in [-0.25, -0.2) is 0 Å². The second kappa shape index (κ2) is 7.48. The van der Waals surface area contributed by atoms with E-state index < -0.39 is 0 Å². The van der Waals surface area contributed by atoms with Gasteiger partial charge in [-0.2, -0.15) is 0 Å². The zero-order valence-electron chi connectivity index (χ0n) is 15.2. The first-order chi connectivity index (χ1) is 13.2. The van der Waals surface area contributed by atoms with E-state index in [4.69, 9.17) is 0 Å². The van der Waals surface area contributed by atoms with Crippen LogP contribution in [0.2, 0.25) is 0 Å². The van der Waals surface area contributed by atoms with Crippen molar-refractivity contribution in [1.82, 2.24) is 15.6 Å². The third kappa shape index (κ3) is 4.01. The van der Waals surface area contributed by atoms with Crippen molar-refractivity contribution in [1.29, 1.82) is 0 Å². The Morgan fingerprint density at radius 2 is 1.93 bits per heavy atom. The van der Waals surface area contributed by atoms with Crippen molar-refractivity contribution in [2.75, 3.05) is 18.4 Å². The van der Waals surface area contributed by atoms with Crippen molar-refractivity contribution in [3.05, 3.63) is 59.9 Å². The van der Waals surface area contributed by atoms with Crippen LogP contribution in [-0.4, -0.2) is 29.9 Å². The van der Waals surface area contributed by atoms with Gasteiger partial charge >= 0.3 is 0 Å². The molecule has 1 unspecified atom stereocenters. The fourth-order valence-electron chi connectivity index (χ4n) is 3.92. The van der Waals surface area contributed by atoms with Gasteiger partial charge in [0.1, 0.15) is 0 Å². The summed E-state index contributed by atoms with van der Waals surface area (Å²) in [5.41, 5.74) is 2.48. The molecule has 27 heavy (non-hydrogen) atoms. The maximum Gasteiger partial charge on any atom is 0.255 e. The molecule has 1 saturated carbocycles. The number of aromatic nitrogens is 1. The van der Waals surface area contributed by atoms with Gasteiger partial charge in [-0.15, -0.1) is 0 Å². The molecule has 4 rings (SSSR count). The standard InChI is InChI=1S/C21H24N4O2/c26-19(25-17-2-1-9-23-14-17)16-5-3-15(4-6-16)13-24-20(27)18-12-21(18)7-10-22-11-8-21/h1-6,9,14,18,22H,7-8,10-13H2,(H,24,27)(H,25,26). The first-order valence-electron chi connectivity index (χ1n) is 9.45. The SMILES string of the molecule is O=C(Nc1cccnc1)c1ccc(CNC(=O)C2CC23CCNCC3)cc1. The molecule has 1 aliphatic heterocycles. The molecule has 0 radical (unpaired) electrons. The summed E-state index contributed by atoms with van der Waals surface area (Å²) in [6.07, 6.45) is 6.49. The number of pyridine rings is 1. The fraction of sp³-hybridized carbons (Fsp3) is 0.381. The van der Waals surface area contributed by atoms with Crippen molar-refractivity contribution in [3.63, 3.8) is 0 Å². The first kappa shape index (κ1) is 17.7. The van der Waals surface area contributed by atoms with E-state index in [2.05, 4.69) is 20.9 Å². The van der Waals surface area contributed by atoms with Crippen molar-refractivity contribution >= 4 is 17.5 Å². The lowest BCUT2D eigenvalue weighted by molar-refractivity contribution is -0.123. The van der Waals surface area contributed by atoms with Gasteiger partial charge in [0.2, 0.25) is 5.91 Å². The van der Waals surface area contributed by atoms with E-state index in [1.165, 1.54) is 0 Å². The minimum Gasteiger partial charge on any atom is -0.352 e. The number of piperidine rings is 1. The Bertz CT molecular complexity index is 814. The Balaban J connectivity index is 1.28. The van der Waals surface area contributed by atoms with E-state index in [1.807, 2.05) is 12.1 Å². The summed E-state index contributed by atoms with van der Waals surface area (Å²) in [6.45, 7) is 2.53. The number of hydrogen-bond donors (Lipinski definition) is 3. The molecule has 1 atom stereocenters. The molecule has 1 saturated heterocycles. The summed E-state index contributed by atoms with van der Waals surface area (Å²) in [5.74, 6) is 0.156.